The highest BCUT2D eigenvalue weighted by atomic mass is 16.6. The number of nitrogens with one attached hydrogen (secondary N) is 2. The molecule has 3 aromatic carbocycles. The maximum absolute atomic E-state index is 13.9. The third-order valence-corrected chi connectivity index (χ3v) is 8.04. The SMILES string of the molecule is CC(C)(C)OC(=O)N1CC2OC(CC(=O)Nc3ccc(N=Nc4ccccc4)cc3)C(=O)N(CCc3c[nH]c4ccccc34)C2C1. The molecule has 0 bridgehead atoms. The van der Waals surface area contributed by atoms with E-state index in [2.05, 4.69) is 26.6 Å². The second-order valence-electron chi connectivity index (χ2n) is 12.6. The highest BCUT2D eigenvalue weighted by Crippen LogP contribution is 2.30. The van der Waals surface area contributed by atoms with Crippen molar-refractivity contribution in [2.75, 3.05) is 25.0 Å². The summed E-state index contributed by atoms with van der Waals surface area (Å²) in [5.41, 5.74) is 3.42. The number of hydrogen-bond donors (Lipinski definition) is 2. The zero-order chi connectivity index (χ0) is 32.3. The lowest BCUT2D eigenvalue weighted by molar-refractivity contribution is -0.168. The number of H-pyrrole nitrogens is 1. The molecule has 3 atom stereocenters. The van der Waals surface area contributed by atoms with Crippen LogP contribution in [-0.2, 0) is 25.5 Å². The minimum Gasteiger partial charge on any atom is -0.444 e. The van der Waals surface area contributed by atoms with Crippen LogP contribution < -0.4 is 5.32 Å². The predicted molar refractivity (Wildman–Crippen MR) is 174 cm³/mol. The smallest absolute Gasteiger partial charge is 0.410 e. The number of nitrogens with zero attached hydrogens (tertiary/aromatic N) is 4. The summed E-state index contributed by atoms with van der Waals surface area (Å²) in [5.74, 6) is -0.618. The van der Waals surface area contributed by atoms with Crippen molar-refractivity contribution >= 4 is 45.9 Å². The van der Waals surface area contributed by atoms with Gasteiger partial charge in [0.1, 0.15) is 11.7 Å². The molecule has 46 heavy (non-hydrogen) atoms. The van der Waals surface area contributed by atoms with Gasteiger partial charge in [-0.1, -0.05) is 36.4 Å². The van der Waals surface area contributed by atoms with Gasteiger partial charge in [-0.2, -0.15) is 10.2 Å². The van der Waals surface area contributed by atoms with Crippen molar-refractivity contribution in [2.24, 2.45) is 10.2 Å². The average Bonchev–Trinajstić information content (AvgIpc) is 3.65. The van der Waals surface area contributed by atoms with E-state index in [0.717, 1.165) is 22.2 Å². The lowest BCUT2D eigenvalue weighted by atomic mass is 10.0. The molecule has 2 N–H and O–H groups in total. The van der Waals surface area contributed by atoms with Crippen LogP contribution in [0.25, 0.3) is 10.9 Å². The monoisotopic (exact) mass is 622 g/mol. The number of benzene rings is 3. The Kier molecular flexibility index (Phi) is 8.85. The van der Waals surface area contributed by atoms with Gasteiger partial charge in [0, 0.05) is 35.9 Å². The number of fused-ring (bicyclic) bond motifs is 2. The molecule has 0 spiro atoms. The van der Waals surface area contributed by atoms with Crippen LogP contribution in [0.2, 0.25) is 0 Å². The summed E-state index contributed by atoms with van der Waals surface area (Å²) in [6, 6.07) is 24.1. The van der Waals surface area contributed by atoms with Gasteiger partial charge in [0.05, 0.1) is 36.5 Å². The first-order valence-corrected chi connectivity index (χ1v) is 15.5. The summed E-state index contributed by atoms with van der Waals surface area (Å²) in [4.78, 5) is 46.6. The Hall–Kier alpha value is -5.03. The summed E-state index contributed by atoms with van der Waals surface area (Å²) in [5, 5.41) is 12.4. The predicted octanol–water partition coefficient (Wildman–Crippen LogP) is 6.37. The van der Waals surface area contributed by atoms with E-state index in [4.69, 9.17) is 9.47 Å². The van der Waals surface area contributed by atoms with Gasteiger partial charge in [-0.25, -0.2) is 4.79 Å². The number of likely N-dealkylation sites (tertiary alicyclic amines) is 1. The molecule has 6 rings (SSSR count). The van der Waals surface area contributed by atoms with Crippen LogP contribution in [0.1, 0.15) is 32.8 Å². The maximum atomic E-state index is 13.9. The fraction of sp³-hybridized carbons (Fsp3) is 0.343. The fourth-order valence-electron chi connectivity index (χ4n) is 5.88. The lowest BCUT2D eigenvalue weighted by Gasteiger charge is -2.40. The first kappa shape index (κ1) is 31.0. The number of aromatic nitrogens is 1. The summed E-state index contributed by atoms with van der Waals surface area (Å²) < 4.78 is 11.8. The second-order valence-corrected chi connectivity index (χ2v) is 12.6. The van der Waals surface area contributed by atoms with E-state index in [1.165, 1.54) is 0 Å². The van der Waals surface area contributed by atoms with Gasteiger partial charge in [-0.15, -0.1) is 0 Å². The molecule has 2 aliphatic heterocycles. The number of anilines is 1. The van der Waals surface area contributed by atoms with Crippen LogP contribution in [0.15, 0.2) is 95.3 Å². The van der Waals surface area contributed by atoms with E-state index in [1.807, 2.05) is 75.5 Å². The van der Waals surface area contributed by atoms with Crippen LogP contribution >= 0.6 is 0 Å². The molecule has 0 aliphatic carbocycles. The molecular weight excluding hydrogens is 584 g/mol. The molecule has 2 aliphatic rings. The van der Waals surface area contributed by atoms with E-state index in [1.54, 1.807) is 34.1 Å². The molecule has 4 aromatic rings. The van der Waals surface area contributed by atoms with E-state index in [9.17, 15) is 14.4 Å². The van der Waals surface area contributed by atoms with Crippen LogP contribution in [-0.4, -0.2) is 76.2 Å². The quantitative estimate of drug-likeness (QED) is 0.221. The third-order valence-electron chi connectivity index (χ3n) is 8.04. The first-order valence-electron chi connectivity index (χ1n) is 15.5. The maximum Gasteiger partial charge on any atom is 0.410 e. The Labute approximate surface area is 267 Å². The number of carbonyl (C=O) groups is 3. The van der Waals surface area contributed by atoms with Crippen molar-refractivity contribution in [3.05, 3.63) is 90.6 Å². The zero-order valence-electron chi connectivity index (χ0n) is 26.2. The highest BCUT2D eigenvalue weighted by molar-refractivity contribution is 5.95. The van der Waals surface area contributed by atoms with Crippen molar-refractivity contribution in [3.8, 4) is 0 Å². The number of para-hydroxylation sites is 1. The van der Waals surface area contributed by atoms with E-state index in [-0.39, 0.29) is 30.8 Å². The second kappa shape index (κ2) is 13.1. The Balaban J connectivity index is 1.13. The fourth-order valence-corrected chi connectivity index (χ4v) is 5.88. The molecule has 11 heteroatoms. The minimum atomic E-state index is -0.984. The van der Waals surface area contributed by atoms with Crippen molar-refractivity contribution < 1.29 is 23.9 Å². The van der Waals surface area contributed by atoms with Crippen LogP contribution in [0.4, 0.5) is 21.9 Å². The standard InChI is InChI=1S/C35H38N6O5/c1-35(2,3)46-34(44)40-21-29-31(22-40)45-30(33(43)41(29)18-17-23-20-36-28-12-8-7-11-27(23)28)19-32(42)37-24-13-15-26(16-14-24)39-38-25-9-5-4-6-10-25/h4-16,20,29-31,36H,17-19,21-22H2,1-3H3,(H,37,42). The summed E-state index contributed by atoms with van der Waals surface area (Å²) >= 11 is 0. The Bertz CT molecular complexity index is 1730. The molecule has 0 radical (unpaired) electrons. The summed E-state index contributed by atoms with van der Waals surface area (Å²) in [6.07, 6.45) is 0.539. The van der Waals surface area contributed by atoms with Gasteiger partial charge in [0.2, 0.25) is 5.91 Å². The summed E-state index contributed by atoms with van der Waals surface area (Å²) in [7, 11) is 0. The van der Waals surface area contributed by atoms with Crippen LogP contribution in [0.3, 0.4) is 0 Å². The molecule has 1 aromatic heterocycles. The lowest BCUT2D eigenvalue weighted by Crippen LogP contribution is -2.59. The first-order chi connectivity index (χ1) is 22.1. The van der Waals surface area contributed by atoms with Gasteiger partial charge < -0.3 is 29.6 Å². The van der Waals surface area contributed by atoms with Crippen molar-refractivity contribution in [1.82, 2.24) is 14.8 Å². The Morgan fingerprint density at radius 3 is 2.39 bits per heavy atom. The van der Waals surface area contributed by atoms with Gasteiger partial charge >= 0.3 is 6.09 Å². The van der Waals surface area contributed by atoms with Gasteiger partial charge in [-0.3, -0.25) is 9.59 Å². The Morgan fingerprint density at radius 2 is 1.65 bits per heavy atom. The number of amides is 3. The highest BCUT2D eigenvalue weighted by Gasteiger charge is 2.49. The molecule has 11 nitrogen and oxygen atoms in total. The number of morpholine rings is 1. The number of carbonyl (C=O) groups excluding carboxylic acids is 3. The van der Waals surface area contributed by atoms with Gasteiger partial charge in [0.25, 0.3) is 5.91 Å². The van der Waals surface area contributed by atoms with Crippen molar-refractivity contribution in [1.29, 1.82) is 0 Å². The van der Waals surface area contributed by atoms with Gasteiger partial charge in [-0.05, 0) is 75.2 Å². The number of ether oxygens (including phenoxy) is 2. The average molecular weight is 623 g/mol. The Morgan fingerprint density at radius 1 is 0.957 bits per heavy atom. The summed E-state index contributed by atoms with van der Waals surface area (Å²) in [6.45, 7) is 6.44. The molecule has 2 saturated heterocycles. The number of aromatic amines is 1. The molecule has 3 heterocycles. The normalized spacial score (nSPS) is 19.9. The third kappa shape index (κ3) is 7.26. The number of hydrogen-bond acceptors (Lipinski definition) is 7. The van der Waals surface area contributed by atoms with Crippen molar-refractivity contribution in [2.45, 2.75) is 57.5 Å². The van der Waals surface area contributed by atoms with E-state index in [0.29, 0.717) is 30.9 Å². The van der Waals surface area contributed by atoms with Crippen LogP contribution in [0.5, 0.6) is 0 Å². The molecule has 238 valence electrons. The molecule has 0 saturated carbocycles. The topological polar surface area (TPSA) is 129 Å². The number of rotatable bonds is 8. The number of azo groups is 1. The van der Waals surface area contributed by atoms with Crippen LogP contribution in [0, 0.1) is 0 Å². The molecule has 3 unspecified atom stereocenters. The molecular formula is C35H38N6O5. The largest absolute Gasteiger partial charge is 0.444 e. The zero-order valence-corrected chi connectivity index (χ0v) is 26.2. The van der Waals surface area contributed by atoms with Gasteiger partial charge in [0.15, 0.2) is 0 Å². The van der Waals surface area contributed by atoms with E-state index < -0.39 is 23.9 Å². The van der Waals surface area contributed by atoms with E-state index >= 15 is 0 Å². The van der Waals surface area contributed by atoms with Crippen molar-refractivity contribution in [3.63, 3.8) is 0 Å². The molecule has 3 amide bonds. The minimum absolute atomic E-state index is 0.159. The molecule has 2 fully saturated rings.